The van der Waals surface area contributed by atoms with Crippen LogP contribution in [0.2, 0.25) is 0 Å². The van der Waals surface area contributed by atoms with E-state index in [1.54, 1.807) is 27.8 Å². The van der Waals surface area contributed by atoms with Gasteiger partial charge in [-0.15, -0.1) is 11.3 Å². The fraction of sp³-hybridized carbons (Fsp3) is 0.231. The highest BCUT2D eigenvalue weighted by molar-refractivity contribution is 7.89. The Morgan fingerprint density at radius 1 is 1.00 bits per heavy atom. The zero-order valence-electron chi connectivity index (χ0n) is 18.8. The number of aromatic nitrogens is 1. The fourth-order valence-electron chi connectivity index (χ4n) is 4.30. The predicted molar refractivity (Wildman–Crippen MR) is 137 cm³/mol. The van der Waals surface area contributed by atoms with E-state index in [-0.39, 0.29) is 16.8 Å². The Morgan fingerprint density at radius 3 is 2.50 bits per heavy atom. The summed E-state index contributed by atoms with van der Waals surface area (Å²) >= 11 is 1.57. The lowest BCUT2D eigenvalue weighted by Gasteiger charge is -2.32. The van der Waals surface area contributed by atoms with E-state index in [0.717, 1.165) is 40.1 Å². The van der Waals surface area contributed by atoms with Crippen LogP contribution in [0.1, 0.15) is 36.5 Å². The topological polar surface area (TPSA) is 79.4 Å². The Morgan fingerprint density at radius 2 is 1.74 bits per heavy atom. The molecule has 1 atom stereocenters. The lowest BCUT2D eigenvalue weighted by atomic mass is 10.1. The zero-order valence-corrected chi connectivity index (χ0v) is 20.4. The number of carbonyl (C=O) groups is 1. The SMILES string of the molecule is C[C@@H]1CCCCN1S(=O)(=O)c1ccc(C(=O)Nc2ccccc2-c2nc3ccccc3s2)cc1. The Labute approximate surface area is 203 Å². The van der Waals surface area contributed by atoms with Gasteiger partial charge in [-0.3, -0.25) is 4.79 Å². The first kappa shape index (κ1) is 22.7. The fourth-order valence-corrected chi connectivity index (χ4v) is 7.01. The van der Waals surface area contributed by atoms with Crippen molar-refractivity contribution < 1.29 is 13.2 Å². The monoisotopic (exact) mass is 491 g/mol. The molecule has 4 aromatic rings. The summed E-state index contributed by atoms with van der Waals surface area (Å²) in [6.45, 7) is 2.48. The maximum absolute atomic E-state index is 13.1. The molecular weight excluding hydrogens is 466 g/mol. The Hall–Kier alpha value is -3.07. The highest BCUT2D eigenvalue weighted by Crippen LogP contribution is 2.34. The van der Waals surface area contributed by atoms with Crippen LogP contribution in [0, 0.1) is 0 Å². The molecule has 34 heavy (non-hydrogen) atoms. The van der Waals surface area contributed by atoms with E-state index < -0.39 is 10.0 Å². The number of nitrogens with one attached hydrogen (secondary N) is 1. The number of thiazole rings is 1. The normalized spacial score (nSPS) is 17.0. The molecule has 0 spiro atoms. The first-order valence-electron chi connectivity index (χ1n) is 11.3. The number of hydrogen-bond donors (Lipinski definition) is 1. The summed E-state index contributed by atoms with van der Waals surface area (Å²) in [5.41, 5.74) is 2.81. The van der Waals surface area contributed by atoms with E-state index >= 15 is 0 Å². The van der Waals surface area contributed by atoms with Gasteiger partial charge in [0.05, 0.1) is 20.8 Å². The number of benzene rings is 3. The molecule has 5 rings (SSSR count). The summed E-state index contributed by atoms with van der Waals surface area (Å²) < 4.78 is 28.8. The smallest absolute Gasteiger partial charge is 0.255 e. The molecule has 1 saturated heterocycles. The van der Waals surface area contributed by atoms with Gasteiger partial charge < -0.3 is 5.32 Å². The van der Waals surface area contributed by atoms with Crippen LogP contribution >= 0.6 is 11.3 Å². The molecule has 8 heteroatoms. The molecule has 1 aliphatic rings. The molecule has 0 radical (unpaired) electrons. The van der Waals surface area contributed by atoms with Crippen molar-refractivity contribution in [2.45, 2.75) is 37.1 Å². The van der Waals surface area contributed by atoms with Crippen LogP contribution in [-0.2, 0) is 10.0 Å². The quantitative estimate of drug-likeness (QED) is 0.384. The highest BCUT2D eigenvalue weighted by atomic mass is 32.2. The van der Waals surface area contributed by atoms with Gasteiger partial charge in [-0.2, -0.15) is 4.31 Å². The van der Waals surface area contributed by atoms with Crippen LogP contribution in [0.3, 0.4) is 0 Å². The van der Waals surface area contributed by atoms with E-state index in [2.05, 4.69) is 5.32 Å². The number of para-hydroxylation sites is 2. The minimum atomic E-state index is -3.57. The van der Waals surface area contributed by atoms with Crippen molar-refractivity contribution in [2.24, 2.45) is 0 Å². The second-order valence-corrected chi connectivity index (χ2v) is 11.4. The maximum atomic E-state index is 13.1. The van der Waals surface area contributed by atoms with Crippen LogP contribution < -0.4 is 5.32 Å². The molecule has 6 nitrogen and oxygen atoms in total. The lowest BCUT2D eigenvalue weighted by Crippen LogP contribution is -2.41. The van der Waals surface area contributed by atoms with Crippen molar-refractivity contribution >= 4 is 43.2 Å². The van der Waals surface area contributed by atoms with Crippen LogP contribution in [0.25, 0.3) is 20.8 Å². The van der Waals surface area contributed by atoms with Crippen molar-refractivity contribution in [1.82, 2.24) is 9.29 Å². The van der Waals surface area contributed by atoms with Crippen molar-refractivity contribution in [1.29, 1.82) is 0 Å². The summed E-state index contributed by atoms with van der Waals surface area (Å²) in [5.74, 6) is -0.302. The maximum Gasteiger partial charge on any atom is 0.255 e. The van der Waals surface area contributed by atoms with Crippen molar-refractivity contribution in [3.8, 4) is 10.6 Å². The standard InChI is InChI=1S/C26H25N3O3S2/c1-18-8-6-7-17-29(18)34(31,32)20-15-13-19(14-16-20)25(30)27-22-10-3-2-9-21(22)26-28-23-11-4-5-12-24(23)33-26/h2-5,9-16,18H,6-8,17H2,1H3,(H,27,30)/t18-/m1/s1. The van der Waals surface area contributed by atoms with Gasteiger partial charge in [-0.1, -0.05) is 30.7 Å². The summed E-state index contributed by atoms with van der Waals surface area (Å²) in [6.07, 6.45) is 2.79. The number of anilines is 1. The summed E-state index contributed by atoms with van der Waals surface area (Å²) in [6, 6.07) is 21.6. The first-order chi connectivity index (χ1) is 16.4. The van der Waals surface area contributed by atoms with E-state index in [9.17, 15) is 13.2 Å². The summed E-state index contributed by atoms with van der Waals surface area (Å²) in [5, 5.41) is 3.79. The second kappa shape index (κ2) is 9.29. The Kier molecular flexibility index (Phi) is 6.20. The number of rotatable bonds is 5. The Balaban J connectivity index is 1.37. The van der Waals surface area contributed by atoms with E-state index in [1.165, 1.54) is 12.1 Å². The van der Waals surface area contributed by atoms with Crippen molar-refractivity contribution in [2.75, 3.05) is 11.9 Å². The van der Waals surface area contributed by atoms with Crippen LogP contribution in [0.4, 0.5) is 5.69 Å². The average Bonchev–Trinajstić information content (AvgIpc) is 3.29. The lowest BCUT2D eigenvalue weighted by molar-refractivity contribution is 0.102. The third kappa shape index (κ3) is 4.36. The molecule has 174 valence electrons. The third-order valence-electron chi connectivity index (χ3n) is 6.16. The van der Waals surface area contributed by atoms with Crippen molar-refractivity contribution in [3.05, 3.63) is 78.4 Å². The molecule has 2 heterocycles. The number of hydrogen-bond acceptors (Lipinski definition) is 5. The van der Waals surface area contributed by atoms with Gasteiger partial charge >= 0.3 is 0 Å². The van der Waals surface area contributed by atoms with Gasteiger partial charge in [-0.05, 0) is 68.3 Å². The molecule has 0 bridgehead atoms. The molecule has 0 saturated carbocycles. The van der Waals surface area contributed by atoms with Crippen LogP contribution in [0.15, 0.2) is 77.7 Å². The predicted octanol–water partition coefficient (Wildman–Crippen LogP) is 5.78. The average molecular weight is 492 g/mol. The summed E-state index contributed by atoms with van der Waals surface area (Å²) in [4.78, 5) is 17.9. The number of sulfonamides is 1. The summed E-state index contributed by atoms with van der Waals surface area (Å²) in [7, 11) is -3.57. The minimum absolute atomic E-state index is 0.0132. The van der Waals surface area contributed by atoms with E-state index in [0.29, 0.717) is 17.8 Å². The minimum Gasteiger partial charge on any atom is -0.321 e. The van der Waals surface area contributed by atoms with Gasteiger partial charge in [0, 0.05) is 23.7 Å². The molecule has 1 aliphatic heterocycles. The first-order valence-corrected chi connectivity index (χ1v) is 13.6. The Bertz CT molecular complexity index is 1410. The largest absolute Gasteiger partial charge is 0.321 e. The van der Waals surface area contributed by atoms with Gasteiger partial charge in [0.1, 0.15) is 5.01 Å². The van der Waals surface area contributed by atoms with Gasteiger partial charge in [0.15, 0.2) is 0 Å². The van der Waals surface area contributed by atoms with Crippen molar-refractivity contribution in [3.63, 3.8) is 0 Å². The van der Waals surface area contributed by atoms with Gasteiger partial charge in [-0.25, -0.2) is 13.4 Å². The number of carbonyl (C=O) groups excluding carboxylic acids is 1. The third-order valence-corrected chi connectivity index (χ3v) is 9.26. The number of fused-ring (bicyclic) bond motifs is 1. The molecule has 0 unspecified atom stereocenters. The van der Waals surface area contributed by atoms with Crippen LogP contribution in [0.5, 0.6) is 0 Å². The molecule has 3 aromatic carbocycles. The number of nitrogens with zero attached hydrogens (tertiary/aromatic N) is 2. The molecule has 1 aromatic heterocycles. The molecule has 1 amide bonds. The van der Waals surface area contributed by atoms with E-state index in [1.807, 2.05) is 55.5 Å². The van der Waals surface area contributed by atoms with Gasteiger partial charge in [0.25, 0.3) is 5.91 Å². The van der Waals surface area contributed by atoms with Crippen LogP contribution in [-0.4, -0.2) is 36.2 Å². The number of amides is 1. The highest BCUT2D eigenvalue weighted by Gasteiger charge is 2.31. The van der Waals surface area contributed by atoms with E-state index in [4.69, 9.17) is 4.98 Å². The second-order valence-electron chi connectivity index (χ2n) is 8.47. The molecule has 0 aliphatic carbocycles. The zero-order chi connectivity index (χ0) is 23.7. The molecular formula is C26H25N3O3S2. The number of piperidine rings is 1. The molecule has 1 fully saturated rings. The molecule has 1 N–H and O–H groups in total. The van der Waals surface area contributed by atoms with Gasteiger partial charge in [0.2, 0.25) is 10.0 Å².